The SMILES string of the molecule is CCNC([SiH3])=C(Cl)Cl. The highest BCUT2D eigenvalue weighted by Gasteiger charge is 1.89. The van der Waals surface area contributed by atoms with Gasteiger partial charge in [0.1, 0.15) is 4.49 Å². The van der Waals surface area contributed by atoms with Gasteiger partial charge in [-0.05, 0) is 6.92 Å². The van der Waals surface area contributed by atoms with Gasteiger partial charge in [-0.2, -0.15) is 0 Å². The maximum atomic E-state index is 5.42. The third kappa shape index (κ3) is 3.35. The smallest absolute Gasteiger partial charge is 0.120 e. The summed E-state index contributed by atoms with van der Waals surface area (Å²) in [6.07, 6.45) is 0. The zero-order chi connectivity index (χ0) is 6.57. The lowest BCUT2D eigenvalue weighted by molar-refractivity contribution is 0.901. The number of rotatable bonds is 2. The third-order valence-corrected chi connectivity index (χ3v) is 2.78. The molecule has 0 amide bonds. The number of halogens is 2. The molecule has 0 bridgehead atoms. The lowest BCUT2D eigenvalue weighted by Gasteiger charge is -2.00. The maximum Gasteiger partial charge on any atom is 0.120 e. The summed E-state index contributed by atoms with van der Waals surface area (Å²) in [4.78, 5) is 0. The van der Waals surface area contributed by atoms with E-state index in [9.17, 15) is 0 Å². The van der Waals surface area contributed by atoms with Crippen LogP contribution in [-0.2, 0) is 0 Å². The molecular weight excluding hydrogens is 161 g/mol. The summed E-state index contributed by atoms with van der Waals surface area (Å²) in [5.74, 6) is 0. The van der Waals surface area contributed by atoms with Crippen molar-refractivity contribution >= 4 is 33.4 Å². The molecule has 0 saturated heterocycles. The Morgan fingerprint density at radius 2 is 2.12 bits per heavy atom. The van der Waals surface area contributed by atoms with Crippen LogP contribution in [0.4, 0.5) is 0 Å². The Morgan fingerprint density at radius 1 is 1.62 bits per heavy atom. The van der Waals surface area contributed by atoms with Crippen molar-refractivity contribution in [3.63, 3.8) is 0 Å². The molecule has 0 aromatic rings. The molecule has 0 atom stereocenters. The number of hydrogen-bond acceptors (Lipinski definition) is 1. The molecule has 0 rings (SSSR count). The quantitative estimate of drug-likeness (QED) is 0.597. The standard InChI is InChI=1S/C4H9Cl2NSi/c1-2-7-4(8)3(5)6/h7H,2H2,1,8H3. The zero-order valence-electron chi connectivity index (χ0n) is 4.96. The molecule has 8 heavy (non-hydrogen) atoms. The van der Waals surface area contributed by atoms with Gasteiger partial charge in [0.25, 0.3) is 0 Å². The summed E-state index contributed by atoms with van der Waals surface area (Å²) in [5, 5.41) is 3.99. The molecule has 0 saturated carbocycles. The topological polar surface area (TPSA) is 12.0 Å². The summed E-state index contributed by atoms with van der Waals surface area (Å²) in [6.45, 7) is 2.90. The summed E-state index contributed by atoms with van der Waals surface area (Å²) in [5.41, 5.74) is 0. The fourth-order valence-electron chi connectivity index (χ4n) is 0.332. The molecule has 0 aromatic carbocycles. The van der Waals surface area contributed by atoms with Crippen LogP contribution >= 0.6 is 23.2 Å². The van der Waals surface area contributed by atoms with Crippen molar-refractivity contribution in [2.24, 2.45) is 0 Å². The maximum absolute atomic E-state index is 5.42. The van der Waals surface area contributed by atoms with Crippen molar-refractivity contribution in [1.82, 2.24) is 5.32 Å². The average molecular weight is 170 g/mol. The van der Waals surface area contributed by atoms with Crippen molar-refractivity contribution in [2.75, 3.05) is 6.54 Å². The van der Waals surface area contributed by atoms with Crippen LogP contribution in [-0.4, -0.2) is 16.8 Å². The number of hydrogen-bond donors (Lipinski definition) is 1. The Kier molecular flexibility index (Phi) is 4.42. The molecule has 1 N–H and O–H groups in total. The van der Waals surface area contributed by atoms with Gasteiger partial charge in [0.2, 0.25) is 0 Å². The molecule has 0 unspecified atom stereocenters. The van der Waals surface area contributed by atoms with Crippen LogP contribution in [0.15, 0.2) is 9.81 Å². The van der Waals surface area contributed by atoms with E-state index in [-0.39, 0.29) is 0 Å². The van der Waals surface area contributed by atoms with Crippen molar-refractivity contribution in [1.29, 1.82) is 0 Å². The predicted molar refractivity (Wildman–Crippen MR) is 42.3 cm³/mol. The van der Waals surface area contributed by atoms with Gasteiger partial charge in [-0.15, -0.1) is 0 Å². The first-order chi connectivity index (χ1) is 3.68. The van der Waals surface area contributed by atoms with Gasteiger partial charge >= 0.3 is 0 Å². The van der Waals surface area contributed by atoms with Crippen LogP contribution in [0.2, 0.25) is 0 Å². The molecule has 48 valence electrons. The van der Waals surface area contributed by atoms with Gasteiger partial charge < -0.3 is 5.32 Å². The highest BCUT2D eigenvalue weighted by Crippen LogP contribution is 2.08. The Morgan fingerprint density at radius 3 is 2.25 bits per heavy atom. The first kappa shape index (κ1) is 8.34. The second-order valence-electron chi connectivity index (χ2n) is 1.42. The molecule has 0 aromatic heterocycles. The first-order valence-electron chi connectivity index (χ1n) is 2.44. The molecule has 0 fully saturated rings. The van der Waals surface area contributed by atoms with Crippen LogP contribution < -0.4 is 5.32 Å². The molecule has 0 aliphatic heterocycles. The Balaban J connectivity index is 3.62. The summed E-state index contributed by atoms with van der Waals surface area (Å²) in [6, 6.07) is 0. The van der Waals surface area contributed by atoms with Crippen molar-refractivity contribution in [2.45, 2.75) is 6.92 Å². The highest BCUT2D eigenvalue weighted by atomic mass is 35.5. The fourth-order valence-corrected chi connectivity index (χ4v) is 0.819. The van der Waals surface area contributed by atoms with E-state index in [4.69, 9.17) is 23.2 Å². The van der Waals surface area contributed by atoms with Gasteiger partial charge in [-0.25, -0.2) is 0 Å². The minimum Gasteiger partial charge on any atom is -0.391 e. The van der Waals surface area contributed by atoms with E-state index in [1.165, 1.54) is 0 Å². The molecule has 0 aliphatic carbocycles. The first-order valence-corrected chi connectivity index (χ1v) is 4.19. The van der Waals surface area contributed by atoms with Crippen LogP contribution in [0.5, 0.6) is 0 Å². The van der Waals surface area contributed by atoms with E-state index in [1.54, 1.807) is 0 Å². The van der Waals surface area contributed by atoms with Crippen molar-refractivity contribution < 1.29 is 0 Å². The minimum absolute atomic E-state index is 0.374. The molecule has 0 radical (unpaired) electrons. The Bertz CT molecular complexity index is 98.2. The van der Waals surface area contributed by atoms with Crippen LogP contribution in [0.3, 0.4) is 0 Å². The van der Waals surface area contributed by atoms with Crippen molar-refractivity contribution in [3.8, 4) is 0 Å². The second kappa shape index (κ2) is 4.24. The van der Waals surface area contributed by atoms with Gasteiger partial charge in [-0.1, -0.05) is 23.2 Å². The lowest BCUT2D eigenvalue weighted by atomic mass is 10.7. The van der Waals surface area contributed by atoms with E-state index in [0.29, 0.717) is 4.49 Å². The van der Waals surface area contributed by atoms with E-state index < -0.39 is 0 Å². The van der Waals surface area contributed by atoms with E-state index in [1.807, 2.05) is 6.92 Å². The molecular formula is C4H9Cl2NSi. The molecule has 1 nitrogen and oxygen atoms in total. The summed E-state index contributed by atoms with van der Waals surface area (Å²) < 4.78 is 0.374. The molecule has 0 heterocycles. The van der Waals surface area contributed by atoms with Gasteiger partial charge in [0.05, 0.1) is 10.2 Å². The van der Waals surface area contributed by atoms with E-state index in [2.05, 4.69) is 5.32 Å². The molecule has 4 heteroatoms. The van der Waals surface area contributed by atoms with Gasteiger partial charge in [-0.3, -0.25) is 0 Å². The minimum atomic E-state index is 0.374. The fraction of sp³-hybridized carbons (Fsp3) is 0.500. The van der Waals surface area contributed by atoms with E-state index in [0.717, 1.165) is 22.1 Å². The summed E-state index contributed by atoms with van der Waals surface area (Å²) in [7, 11) is 0.888. The summed E-state index contributed by atoms with van der Waals surface area (Å²) >= 11 is 10.8. The number of nitrogens with one attached hydrogen (secondary N) is 1. The second-order valence-corrected chi connectivity index (χ2v) is 3.37. The molecule has 0 spiro atoms. The Hall–Kier alpha value is 0.337. The van der Waals surface area contributed by atoms with Crippen LogP contribution in [0.25, 0.3) is 0 Å². The third-order valence-electron chi connectivity index (χ3n) is 0.725. The average Bonchev–Trinajstić information content (AvgIpc) is 1.67. The van der Waals surface area contributed by atoms with Crippen molar-refractivity contribution in [3.05, 3.63) is 9.81 Å². The van der Waals surface area contributed by atoms with E-state index >= 15 is 0 Å². The normalized spacial score (nSPS) is 8.88. The largest absolute Gasteiger partial charge is 0.391 e. The lowest BCUT2D eigenvalue weighted by Crippen LogP contribution is -2.12. The predicted octanol–water partition coefficient (Wildman–Crippen LogP) is 0.565. The van der Waals surface area contributed by atoms with Gasteiger partial charge in [0, 0.05) is 11.9 Å². The monoisotopic (exact) mass is 169 g/mol. The Labute approximate surface area is 62.5 Å². The highest BCUT2D eigenvalue weighted by molar-refractivity contribution is 6.58. The van der Waals surface area contributed by atoms with Crippen LogP contribution in [0, 0.1) is 0 Å². The van der Waals surface area contributed by atoms with Gasteiger partial charge in [0.15, 0.2) is 0 Å². The van der Waals surface area contributed by atoms with Crippen LogP contribution in [0.1, 0.15) is 6.92 Å². The molecule has 0 aliphatic rings. The zero-order valence-corrected chi connectivity index (χ0v) is 8.47.